The molecule has 9 aromatic heterocycles. The van der Waals surface area contributed by atoms with Crippen LogP contribution in [0, 0.1) is 0 Å². The molecule has 13 nitrogen and oxygen atoms in total. The van der Waals surface area contributed by atoms with Crippen LogP contribution in [0.15, 0.2) is 382 Å². The molecule has 0 amide bonds. The topological polar surface area (TPSA) is 152 Å². The van der Waals surface area contributed by atoms with Crippen LogP contribution >= 0.6 is 0 Å². The quantitative estimate of drug-likeness (QED) is 0.107. The molecule has 22 rings (SSSR count). The van der Waals surface area contributed by atoms with Crippen molar-refractivity contribution in [2.45, 2.75) is 0 Å². The van der Waals surface area contributed by atoms with Crippen LogP contribution in [0.2, 0.25) is 0 Å². The lowest BCUT2D eigenvalue weighted by Gasteiger charge is -2.14. The minimum Gasteiger partial charge on any atom is -0.255 e. The molecule has 0 N–H and O–H groups in total. The molecule has 22 aromatic rings. The Labute approximate surface area is 654 Å². The van der Waals surface area contributed by atoms with Gasteiger partial charge in [-0.2, -0.15) is 9.59 Å². The Bertz CT molecular complexity index is 7350. The molecule has 0 atom stereocenters. The molecule has 0 saturated carbocycles. The molecule has 0 aliphatic rings. The highest BCUT2D eigenvalue weighted by Gasteiger charge is 2.25. The van der Waals surface area contributed by atoms with E-state index in [0.717, 1.165) is 211 Å². The third kappa shape index (κ3) is 12.2. The predicted octanol–water partition coefficient (Wildman–Crippen LogP) is 24.2. The van der Waals surface area contributed by atoms with Crippen molar-refractivity contribution in [2.24, 2.45) is 0 Å². The van der Waals surface area contributed by atoms with Crippen LogP contribution in [-0.2, 0) is 0 Å². The smallest absolute Gasteiger partial charge is 0.122 e. The fourth-order valence-corrected chi connectivity index (χ4v) is 15.6. The lowest BCUT2D eigenvalue weighted by Crippen LogP contribution is -1.97. The van der Waals surface area contributed by atoms with Crippen molar-refractivity contribution in [1.82, 2.24) is 64.9 Å². The van der Waals surface area contributed by atoms with Gasteiger partial charge in [0.25, 0.3) is 0 Å². The second-order valence-corrected chi connectivity index (χ2v) is 28.2. The summed E-state index contributed by atoms with van der Waals surface area (Å²) >= 11 is 0. The first-order valence-electron chi connectivity index (χ1n) is 37.9. The molecule has 9 heterocycles. The maximum atomic E-state index is 5.43. The number of nitrogens with zero attached hydrogens (tertiary/aromatic N) is 13. The summed E-state index contributed by atoms with van der Waals surface area (Å²) in [5, 5.41) is 28.9. The summed E-state index contributed by atoms with van der Waals surface area (Å²) in [5.74, 6) is 0. The SMILES string of the molecule is c1ccc(-c2ccc3ccc4ccc(-c5ccc6c(c5)nc(-c5ccccc5)c5cc(-c7ccccc7)c7nn(-c8ccccc8)nc7c56)nc4c3n2)cc1.c1ccc(-c2nc3cc(-c4ccc(-c5cc(-c6ccccn6)nc(-c6ccccn6)c5)cc4)ccc3c3c2cc(-c2ccccc2)c2nn(-c4ccccc4)nc23)cc1. The van der Waals surface area contributed by atoms with E-state index < -0.39 is 0 Å². The van der Waals surface area contributed by atoms with Crippen molar-refractivity contribution in [2.75, 3.05) is 0 Å². The Balaban J connectivity index is 0.000000144. The number of hydrogen-bond acceptors (Lipinski definition) is 11. The van der Waals surface area contributed by atoms with Crippen LogP contribution in [0.5, 0.6) is 0 Å². The Hall–Kier alpha value is -15.7. The number of pyridine rings is 7. The first-order valence-corrected chi connectivity index (χ1v) is 37.9. The van der Waals surface area contributed by atoms with Gasteiger partial charge in [0.05, 0.1) is 79.0 Å². The van der Waals surface area contributed by atoms with Gasteiger partial charge >= 0.3 is 0 Å². The van der Waals surface area contributed by atoms with Crippen molar-refractivity contribution in [3.05, 3.63) is 382 Å². The molecule has 0 saturated heterocycles. The highest BCUT2D eigenvalue weighted by molar-refractivity contribution is 6.25. The lowest BCUT2D eigenvalue weighted by molar-refractivity contribution is 0.766. The molecule has 114 heavy (non-hydrogen) atoms. The van der Waals surface area contributed by atoms with E-state index in [1.807, 2.05) is 140 Å². The number of aromatic nitrogens is 13. The largest absolute Gasteiger partial charge is 0.255 e. The Kier molecular flexibility index (Phi) is 16.5. The Morgan fingerprint density at radius 1 is 0.193 bits per heavy atom. The van der Waals surface area contributed by atoms with E-state index >= 15 is 0 Å². The Morgan fingerprint density at radius 2 is 0.553 bits per heavy atom. The minimum atomic E-state index is 0.795. The number of rotatable bonds is 12. The summed E-state index contributed by atoms with van der Waals surface area (Å²) in [6.07, 6.45) is 3.59. The molecule has 0 spiro atoms. The number of fused-ring (bicyclic) bond motifs is 13. The fourth-order valence-electron chi connectivity index (χ4n) is 15.6. The molecule has 0 radical (unpaired) electrons. The van der Waals surface area contributed by atoms with Crippen molar-refractivity contribution >= 4 is 87.2 Å². The van der Waals surface area contributed by atoms with Gasteiger partial charge in [0.15, 0.2) is 0 Å². The third-order valence-corrected chi connectivity index (χ3v) is 21.2. The average Bonchev–Trinajstić information content (AvgIpc) is 1.45. The summed E-state index contributed by atoms with van der Waals surface area (Å²) in [6.45, 7) is 0. The van der Waals surface area contributed by atoms with E-state index in [0.29, 0.717) is 0 Å². The second kappa shape index (κ2) is 28.4. The molecule has 0 unspecified atom stereocenters. The van der Waals surface area contributed by atoms with Crippen LogP contribution in [0.1, 0.15) is 0 Å². The number of benzene rings is 13. The lowest BCUT2D eigenvalue weighted by atomic mass is 9.93. The highest BCUT2D eigenvalue weighted by Crippen LogP contribution is 2.45. The summed E-state index contributed by atoms with van der Waals surface area (Å²) in [7, 11) is 0. The van der Waals surface area contributed by atoms with Crippen LogP contribution in [0.25, 0.3) is 211 Å². The molecule has 532 valence electrons. The number of para-hydroxylation sites is 2. The zero-order chi connectivity index (χ0) is 75.4. The van der Waals surface area contributed by atoms with Gasteiger partial charge in [0.2, 0.25) is 0 Å². The van der Waals surface area contributed by atoms with E-state index in [2.05, 4.69) is 240 Å². The molecule has 0 bridgehead atoms. The zero-order valence-electron chi connectivity index (χ0n) is 61.2. The summed E-state index contributed by atoms with van der Waals surface area (Å²) in [4.78, 5) is 38.9. The van der Waals surface area contributed by atoms with E-state index in [-0.39, 0.29) is 0 Å². The van der Waals surface area contributed by atoms with E-state index in [1.54, 1.807) is 22.0 Å². The Morgan fingerprint density at radius 3 is 0.991 bits per heavy atom. The van der Waals surface area contributed by atoms with Gasteiger partial charge in [-0.3, -0.25) is 9.97 Å². The molecule has 0 aliphatic heterocycles. The minimum absolute atomic E-state index is 0.795. The van der Waals surface area contributed by atoms with Gasteiger partial charge in [0.1, 0.15) is 22.1 Å². The zero-order valence-corrected chi connectivity index (χ0v) is 61.2. The van der Waals surface area contributed by atoms with Gasteiger partial charge < -0.3 is 0 Å². The van der Waals surface area contributed by atoms with Gasteiger partial charge in [-0.25, -0.2) is 24.9 Å². The van der Waals surface area contributed by atoms with Gasteiger partial charge in [-0.15, -0.1) is 20.4 Å². The van der Waals surface area contributed by atoms with Crippen molar-refractivity contribution < 1.29 is 0 Å². The molecular formula is C101H63N13. The highest BCUT2D eigenvalue weighted by atomic mass is 15.5. The van der Waals surface area contributed by atoms with Crippen LogP contribution < -0.4 is 0 Å². The maximum Gasteiger partial charge on any atom is 0.122 e. The van der Waals surface area contributed by atoms with E-state index in [4.69, 9.17) is 45.3 Å². The van der Waals surface area contributed by atoms with Crippen LogP contribution in [0.4, 0.5) is 0 Å². The normalized spacial score (nSPS) is 11.5. The van der Waals surface area contributed by atoms with Crippen LogP contribution in [0.3, 0.4) is 0 Å². The third-order valence-electron chi connectivity index (χ3n) is 21.2. The predicted molar refractivity (Wildman–Crippen MR) is 462 cm³/mol. The van der Waals surface area contributed by atoms with Gasteiger partial charge in [-0.1, -0.05) is 273 Å². The molecule has 0 fully saturated rings. The standard InChI is InChI=1S/C52H33N7.C49H30N6/c1-4-14-36(15-5-1)42-33-43-49(52-51(42)57-59(58-52)40-18-8-3-9-19-40)41-27-26-38(30-46(41)56-50(43)37-16-6-2-7-17-37)34-22-24-35(25-23-34)39-31-47(44-20-10-12-28-53-44)55-48(32-39)45-21-11-13-29-54-45;1-5-13-31(14-6-1)39-30-40-44(49-48(39)53-55(54-49)37-19-11-4-12-20-37)38-26-23-36(29-43(38)52-45(40)33-17-9-3-10-18-33)42-28-25-35-22-21-34-24-27-41(32-15-7-2-8-16-32)50-46(34)47(35)51-42/h1-33H;1-30H. The van der Waals surface area contributed by atoms with Crippen LogP contribution in [-0.4, -0.2) is 64.9 Å². The summed E-state index contributed by atoms with van der Waals surface area (Å²) < 4.78 is 0. The van der Waals surface area contributed by atoms with E-state index in [1.165, 1.54) is 0 Å². The molecule has 0 aliphatic carbocycles. The van der Waals surface area contributed by atoms with Crippen molar-refractivity contribution in [3.8, 4) is 124 Å². The van der Waals surface area contributed by atoms with Gasteiger partial charge in [-0.05, 0) is 130 Å². The first kappa shape index (κ1) is 66.5. The van der Waals surface area contributed by atoms with E-state index in [9.17, 15) is 0 Å². The number of hydrogen-bond donors (Lipinski definition) is 0. The van der Waals surface area contributed by atoms with Crippen molar-refractivity contribution in [3.63, 3.8) is 0 Å². The molecule has 13 aromatic carbocycles. The van der Waals surface area contributed by atoms with Crippen molar-refractivity contribution in [1.29, 1.82) is 0 Å². The second-order valence-electron chi connectivity index (χ2n) is 28.2. The summed E-state index contributed by atoms with van der Waals surface area (Å²) in [6, 6.07) is 127. The first-order chi connectivity index (χ1) is 56.5. The molecule has 13 heteroatoms. The maximum absolute atomic E-state index is 5.43. The molecular weight excluding hydrogens is 1400 g/mol. The monoisotopic (exact) mass is 1460 g/mol. The fraction of sp³-hybridized carbons (Fsp3) is 0. The average molecular weight is 1460 g/mol. The van der Waals surface area contributed by atoms with Gasteiger partial charge in [0, 0.05) is 88.9 Å². The summed E-state index contributed by atoms with van der Waals surface area (Å²) in [5.41, 5.74) is 28.0.